The van der Waals surface area contributed by atoms with Crippen LogP contribution in [-0.2, 0) is 4.79 Å². The number of carbonyl (C=O) groups is 1. The smallest absolute Gasteiger partial charge is 0.271 e. The molecule has 27 heavy (non-hydrogen) atoms. The number of rotatable bonds is 5. The Morgan fingerprint density at radius 3 is 2.52 bits per heavy atom. The number of aryl methyl sites for hydroxylation is 2. The number of β-lactam (4-membered cyclic amide) rings is 1. The van der Waals surface area contributed by atoms with Crippen LogP contribution in [0.3, 0.4) is 0 Å². The van der Waals surface area contributed by atoms with Gasteiger partial charge >= 0.3 is 0 Å². The van der Waals surface area contributed by atoms with Gasteiger partial charge in [-0.05, 0) is 49.7 Å². The molecule has 0 N–H and O–H groups in total. The highest BCUT2D eigenvalue weighted by Gasteiger charge is 2.52. The van der Waals surface area contributed by atoms with Gasteiger partial charge in [0.15, 0.2) is 0 Å². The van der Waals surface area contributed by atoms with Crippen LogP contribution in [0.2, 0.25) is 0 Å². The van der Waals surface area contributed by atoms with Crippen molar-refractivity contribution < 1.29 is 14.3 Å². The maximum atomic E-state index is 13.0. The SMILES string of the molecule is COc1ccc(N2C(=O)[C@H](Oc3ccc(C)cc3C)[C@@H]2c2cscn2)cc1. The lowest BCUT2D eigenvalue weighted by Crippen LogP contribution is -2.61. The maximum absolute atomic E-state index is 13.0. The largest absolute Gasteiger partial charge is 0.497 e. The lowest BCUT2D eigenvalue weighted by atomic mass is 9.93. The van der Waals surface area contributed by atoms with Crippen molar-refractivity contribution in [1.82, 2.24) is 4.98 Å². The molecule has 2 heterocycles. The zero-order valence-electron chi connectivity index (χ0n) is 15.4. The number of ether oxygens (including phenoxy) is 2. The predicted octanol–water partition coefficient (Wildman–Crippen LogP) is 4.30. The third-order valence-corrected chi connectivity index (χ3v) is 5.34. The van der Waals surface area contributed by atoms with Crippen LogP contribution < -0.4 is 14.4 Å². The zero-order chi connectivity index (χ0) is 19.0. The fourth-order valence-electron chi connectivity index (χ4n) is 3.33. The Morgan fingerprint density at radius 2 is 1.89 bits per heavy atom. The van der Waals surface area contributed by atoms with E-state index in [1.807, 2.05) is 55.6 Å². The van der Waals surface area contributed by atoms with Gasteiger partial charge in [-0.2, -0.15) is 0 Å². The molecule has 1 aromatic heterocycles. The molecular weight excluding hydrogens is 360 g/mol. The summed E-state index contributed by atoms with van der Waals surface area (Å²) in [6.45, 7) is 4.03. The Bertz CT molecular complexity index is 954. The molecule has 0 bridgehead atoms. The lowest BCUT2D eigenvalue weighted by Gasteiger charge is -2.45. The van der Waals surface area contributed by atoms with Crippen LogP contribution in [-0.4, -0.2) is 24.1 Å². The van der Waals surface area contributed by atoms with Crippen molar-refractivity contribution in [3.8, 4) is 11.5 Å². The molecule has 1 aliphatic heterocycles. The second-order valence-electron chi connectivity index (χ2n) is 6.57. The first-order valence-electron chi connectivity index (χ1n) is 8.67. The Morgan fingerprint density at radius 1 is 1.11 bits per heavy atom. The van der Waals surface area contributed by atoms with E-state index >= 15 is 0 Å². The van der Waals surface area contributed by atoms with E-state index in [-0.39, 0.29) is 11.9 Å². The van der Waals surface area contributed by atoms with E-state index in [0.717, 1.165) is 34.0 Å². The Kier molecular flexibility index (Phi) is 4.58. The van der Waals surface area contributed by atoms with Crippen LogP contribution in [0.15, 0.2) is 53.4 Å². The van der Waals surface area contributed by atoms with Gasteiger partial charge in [0.05, 0.1) is 18.3 Å². The second kappa shape index (κ2) is 7.04. The standard InChI is InChI=1S/C21H20N2O3S/c1-13-4-9-18(14(2)10-13)26-20-19(17-11-27-12-22-17)23(21(20)24)15-5-7-16(25-3)8-6-15/h4-12,19-20H,1-3H3/t19-,20+/m0/s1. The van der Waals surface area contributed by atoms with Crippen molar-refractivity contribution in [2.24, 2.45) is 0 Å². The first-order chi connectivity index (χ1) is 13.1. The van der Waals surface area contributed by atoms with E-state index in [2.05, 4.69) is 11.1 Å². The fourth-order valence-corrected chi connectivity index (χ4v) is 3.91. The molecule has 0 unspecified atom stereocenters. The van der Waals surface area contributed by atoms with E-state index in [1.165, 1.54) is 11.3 Å². The molecule has 5 nitrogen and oxygen atoms in total. The summed E-state index contributed by atoms with van der Waals surface area (Å²) in [6, 6.07) is 13.2. The van der Waals surface area contributed by atoms with Crippen LogP contribution in [0, 0.1) is 13.8 Å². The van der Waals surface area contributed by atoms with E-state index in [4.69, 9.17) is 9.47 Å². The summed E-state index contributed by atoms with van der Waals surface area (Å²) in [5, 5.41) is 1.96. The molecule has 0 spiro atoms. The van der Waals surface area contributed by atoms with Crippen molar-refractivity contribution in [3.05, 3.63) is 70.2 Å². The van der Waals surface area contributed by atoms with Crippen molar-refractivity contribution in [2.75, 3.05) is 12.0 Å². The fraction of sp³-hybridized carbons (Fsp3) is 0.238. The van der Waals surface area contributed by atoms with Gasteiger partial charge in [-0.1, -0.05) is 17.7 Å². The molecule has 4 rings (SSSR count). The van der Waals surface area contributed by atoms with Gasteiger partial charge in [0.1, 0.15) is 17.5 Å². The summed E-state index contributed by atoms with van der Waals surface area (Å²) < 4.78 is 11.3. The third-order valence-electron chi connectivity index (χ3n) is 4.74. The summed E-state index contributed by atoms with van der Waals surface area (Å²) in [5.41, 5.74) is 5.60. The molecule has 0 saturated carbocycles. The number of hydrogen-bond acceptors (Lipinski definition) is 5. The van der Waals surface area contributed by atoms with Crippen molar-refractivity contribution in [3.63, 3.8) is 0 Å². The van der Waals surface area contributed by atoms with Gasteiger partial charge in [-0.15, -0.1) is 11.3 Å². The Balaban J connectivity index is 1.65. The first kappa shape index (κ1) is 17.5. The molecule has 1 amide bonds. The number of amides is 1. The highest BCUT2D eigenvalue weighted by atomic mass is 32.1. The molecule has 0 radical (unpaired) electrons. The summed E-state index contributed by atoms with van der Waals surface area (Å²) >= 11 is 1.51. The molecule has 1 saturated heterocycles. The van der Waals surface area contributed by atoms with Crippen LogP contribution in [0.1, 0.15) is 22.9 Å². The van der Waals surface area contributed by atoms with Crippen LogP contribution in [0.4, 0.5) is 5.69 Å². The van der Waals surface area contributed by atoms with Crippen LogP contribution in [0.5, 0.6) is 11.5 Å². The number of methoxy groups -OCH3 is 1. The number of hydrogen-bond donors (Lipinski definition) is 0. The molecule has 2 atom stereocenters. The zero-order valence-corrected chi connectivity index (χ0v) is 16.2. The minimum Gasteiger partial charge on any atom is -0.497 e. The van der Waals surface area contributed by atoms with E-state index in [1.54, 1.807) is 17.5 Å². The maximum Gasteiger partial charge on any atom is 0.271 e. The predicted molar refractivity (Wildman–Crippen MR) is 106 cm³/mol. The average Bonchev–Trinajstić information content (AvgIpc) is 3.19. The molecule has 1 fully saturated rings. The number of nitrogens with zero attached hydrogens (tertiary/aromatic N) is 2. The molecule has 138 valence electrons. The van der Waals surface area contributed by atoms with Crippen molar-refractivity contribution in [1.29, 1.82) is 0 Å². The van der Waals surface area contributed by atoms with Gasteiger partial charge in [0.2, 0.25) is 6.10 Å². The number of anilines is 1. The van der Waals surface area contributed by atoms with Crippen LogP contribution >= 0.6 is 11.3 Å². The van der Waals surface area contributed by atoms with E-state index in [9.17, 15) is 4.79 Å². The normalized spacial score (nSPS) is 18.9. The molecule has 1 aliphatic rings. The molecule has 3 aromatic rings. The number of thiazole rings is 1. The molecule has 0 aliphatic carbocycles. The van der Waals surface area contributed by atoms with Gasteiger partial charge in [0.25, 0.3) is 5.91 Å². The minimum atomic E-state index is -0.587. The third kappa shape index (κ3) is 3.17. The summed E-state index contributed by atoms with van der Waals surface area (Å²) in [4.78, 5) is 19.1. The summed E-state index contributed by atoms with van der Waals surface area (Å²) in [7, 11) is 1.62. The molecule has 6 heteroatoms. The number of benzene rings is 2. The Labute approximate surface area is 162 Å². The summed E-state index contributed by atoms with van der Waals surface area (Å²) in [6.07, 6.45) is -0.587. The number of carbonyl (C=O) groups excluding carboxylic acids is 1. The monoisotopic (exact) mass is 380 g/mol. The van der Waals surface area contributed by atoms with Gasteiger partial charge < -0.3 is 9.47 Å². The second-order valence-corrected chi connectivity index (χ2v) is 7.29. The molecular formula is C21H20N2O3S. The van der Waals surface area contributed by atoms with Crippen LogP contribution in [0.25, 0.3) is 0 Å². The topological polar surface area (TPSA) is 51.7 Å². The van der Waals surface area contributed by atoms with Gasteiger partial charge in [0, 0.05) is 11.1 Å². The lowest BCUT2D eigenvalue weighted by molar-refractivity contribution is -0.135. The highest BCUT2D eigenvalue weighted by molar-refractivity contribution is 7.07. The molecule has 2 aromatic carbocycles. The van der Waals surface area contributed by atoms with Crippen molar-refractivity contribution >= 4 is 22.9 Å². The average molecular weight is 380 g/mol. The van der Waals surface area contributed by atoms with E-state index in [0.29, 0.717) is 0 Å². The Hall–Kier alpha value is -2.86. The highest BCUT2D eigenvalue weighted by Crippen LogP contribution is 2.41. The van der Waals surface area contributed by atoms with Crippen molar-refractivity contribution in [2.45, 2.75) is 26.0 Å². The van der Waals surface area contributed by atoms with E-state index < -0.39 is 6.10 Å². The minimum absolute atomic E-state index is 0.0712. The van der Waals surface area contributed by atoms with Gasteiger partial charge in [-0.25, -0.2) is 4.98 Å². The number of aromatic nitrogens is 1. The summed E-state index contributed by atoms with van der Waals surface area (Å²) in [5.74, 6) is 1.41. The van der Waals surface area contributed by atoms with Gasteiger partial charge in [-0.3, -0.25) is 9.69 Å². The quantitative estimate of drug-likeness (QED) is 0.619. The first-order valence-corrected chi connectivity index (χ1v) is 9.62.